The van der Waals surface area contributed by atoms with Gasteiger partial charge >= 0.3 is 0 Å². The van der Waals surface area contributed by atoms with Crippen molar-refractivity contribution in [2.45, 2.75) is 26.4 Å². The molecule has 0 aliphatic carbocycles. The van der Waals surface area contributed by atoms with Gasteiger partial charge in [0.15, 0.2) is 6.10 Å². The summed E-state index contributed by atoms with van der Waals surface area (Å²) in [7, 11) is 1.59. The van der Waals surface area contributed by atoms with Crippen molar-refractivity contribution in [1.29, 1.82) is 0 Å². The Morgan fingerprint density at radius 3 is 2.68 bits per heavy atom. The highest BCUT2D eigenvalue weighted by Gasteiger charge is 2.16. The molecule has 0 aliphatic rings. The highest BCUT2D eigenvalue weighted by molar-refractivity contribution is 5.94. The van der Waals surface area contributed by atoms with Gasteiger partial charge in [0.1, 0.15) is 11.5 Å². The number of para-hydroxylation sites is 1. The Balaban J connectivity index is 2.02. The van der Waals surface area contributed by atoms with Gasteiger partial charge in [-0.05, 0) is 37.1 Å². The van der Waals surface area contributed by atoms with Crippen LogP contribution in [0.4, 0.5) is 5.69 Å². The molecule has 0 aromatic heterocycles. The first-order chi connectivity index (χ1) is 10.6. The van der Waals surface area contributed by atoms with E-state index in [0.717, 1.165) is 17.7 Å². The number of carbonyl (C=O) groups is 1. The number of benzene rings is 2. The number of carbonyl (C=O) groups excluding carboxylic acids is 1. The van der Waals surface area contributed by atoms with E-state index in [1.807, 2.05) is 42.5 Å². The number of hydrogen-bond acceptors (Lipinski definition) is 3. The average molecular weight is 299 g/mol. The number of amides is 1. The van der Waals surface area contributed by atoms with Crippen LogP contribution in [0.2, 0.25) is 0 Å². The molecule has 4 heteroatoms. The maximum Gasteiger partial charge on any atom is 0.265 e. The smallest absolute Gasteiger partial charge is 0.265 e. The van der Waals surface area contributed by atoms with E-state index in [9.17, 15) is 4.79 Å². The molecule has 0 spiro atoms. The van der Waals surface area contributed by atoms with Crippen molar-refractivity contribution < 1.29 is 14.3 Å². The van der Waals surface area contributed by atoms with Crippen molar-refractivity contribution in [3.05, 3.63) is 54.1 Å². The van der Waals surface area contributed by atoms with Crippen molar-refractivity contribution in [1.82, 2.24) is 0 Å². The average Bonchev–Trinajstić information content (AvgIpc) is 2.55. The largest absolute Gasteiger partial charge is 0.497 e. The molecule has 2 aromatic rings. The molecular weight excluding hydrogens is 278 g/mol. The standard InChI is InChI=1S/C18H21NO3/c1-4-14-8-5-6-11-17(14)22-13(2)18(20)19-15-9-7-10-16(12-15)21-3/h5-13H,4H2,1-3H3,(H,19,20). The summed E-state index contributed by atoms with van der Waals surface area (Å²) >= 11 is 0. The number of methoxy groups -OCH3 is 1. The molecule has 1 unspecified atom stereocenters. The summed E-state index contributed by atoms with van der Waals surface area (Å²) in [5.74, 6) is 1.25. The first-order valence-electron chi connectivity index (χ1n) is 7.33. The van der Waals surface area contributed by atoms with Gasteiger partial charge in [-0.15, -0.1) is 0 Å². The van der Waals surface area contributed by atoms with E-state index in [1.165, 1.54) is 0 Å². The van der Waals surface area contributed by atoms with E-state index in [4.69, 9.17) is 9.47 Å². The van der Waals surface area contributed by atoms with E-state index >= 15 is 0 Å². The van der Waals surface area contributed by atoms with E-state index in [0.29, 0.717) is 11.4 Å². The van der Waals surface area contributed by atoms with Gasteiger partial charge in [-0.1, -0.05) is 31.2 Å². The van der Waals surface area contributed by atoms with Crippen molar-refractivity contribution in [2.24, 2.45) is 0 Å². The quantitative estimate of drug-likeness (QED) is 0.885. The maximum absolute atomic E-state index is 12.2. The van der Waals surface area contributed by atoms with Gasteiger partial charge in [0, 0.05) is 11.8 Å². The lowest BCUT2D eigenvalue weighted by atomic mass is 10.1. The maximum atomic E-state index is 12.2. The van der Waals surface area contributed by atoms with Crippen molar-refractivity contribution >= 4 is 11.6 Å². The van der Waals surface area contributed by atoms with Crippen molar-refractivity contribution in [2.75, 3.05) is 12.4 Å². The highest BCUT2D eigenvalue weighted by Crippen LogP contribution is 2.21. The third-order valence-electron chi connectivity index (χ3n) is 3.36. The monoisotopic (exact) mass is 299 g/mol. The Kier molecular flexibility index (Phi) is 5.42. The van der Waals surface area contributed by atoms with Crippen LogP contribution in [0.25, 0.3) is 0 Å². The molecule has 1 N–H and O–H groups in total. The van der Waals surface area contributed by atoms with Crippen LogP contribution in [-0.2, 0) is 11.2 Å². The molecule has 0 bridgehead atoms. The normalized spacial score (nSPS) is 11.6. The number of aryl methyl sites for hydroxylation is 1. The molecule has 0 aliphatic heterocycles. The van der Waals surface area contributed by atoms with Crippen LogP contribution in [0.15, 0.2) is 48.5 Å². The van der Waals surface area contributed by atoms with Crippen LogP contribution in [-0.4, -0.2) is 19.1 Å². The summed E-state index contributed by atoms with van der Waals surface area (Å²) in [6.07, 6.45) is 0.277. The first kappa shape index (κ1) is 15.9. The van der Waals surface area contributed by atoms with Gasteiger partial charge in [-0.3, -0.25) is 4.79 Å². The summed E-state index contributed by atoms with van der Waals surface area (Å²) < 4.78 is 10.9. The summed E-state index contributed by atoms with van der Waals surface area (Å²) in [5, 5.41) is 2.83. The first-order valence-corrected chi connectivity index (χ1v) is 7.33. The second-order valence-corrected chi connectivity index (χ2v) is 4.94. The Hall–Kier alpha value is -2.49. The molecule has 22 heavy (non-hydrogen) atoms. The predicted octanol–water partition coefficient (Wildman–Crippen LogP) is 3.66. The Morgan fingerprint density at radius 2 is 1.95 bits per heavy atom. The zero-order chi connectivity index (χ0) is 15.9. The number of nitrogens with one attached hydrogen (secondary N) is 1. The van der Waals surface area contributed by atoms with Gasteiger partial charge in [-0.25, -0.2) is 0 Å². The van der Waals surface area contributed by atoms with Gasteiger partial charge in [0.2, 0.25) is 0 Å². The molecule has 0 heterocycles. The molecule has 0 saturated carbocycles. The fourth-order valence-corrected chi connectivity index (χ4v) is 2.10. The molecule has 1 amide bonds. The van der Waals surface area contributed by atoms with Gasteiger partial charge in [-0.2, -0.15) is 0 Å². The number of hydrogen-bond donors (Lipinski definition) is 1. The molecule has 1 atom stereocenters. The number of anilines is 1. The summed E-state index contributed by atoms with van der Waals surface area (Å²) in [5.41, 5.74) is 1.77. The third kappa shape index (κ3) is 4.01. The Bertz CT molecular complexity index is 640. The molecular formula is C18H21NO3. The van der Waals surface area contributed by atoms with E-state index in [2.05, 4.69) is 12.2 Å². The van der Waals surface area contributed by atoms with Crippen LogP contribution in [0, 0.1) is 0 Å². The molecule has 0 saturated heterocycles. The summed E-state index contributed by atoms with van der Waals surface area (Å²) in [6, 6.07) is 15.0. The van der Waals surface area contributed by atoms with E-state index in [-0.39, 0.29) is 5.91 Å². The third-order valence-corrected chi connectivity index (χ3v) is 3.36. The van der Waals surface area contributed by atoms with Crippen LogP contribution < -0.4 is 14.8 Å². The zero-order valence-electron chi connectivity index (χ0n) is 13.1. The second-order valence-electron chi connectivity index (χ2n) is 4.94. The van der Waals surface area contributed by atoms with Crippen LogP contribution >= 0.6 is 0 Å². The Labute approximate surface area is 131 Å². The minimum atomic E-state index is -0.584. The van der Waals surface area contributed by atoms with Crippen molar-refractivity contribution in [3.63, 3.8) is 0 Å². The zero-order valence-corrected chi connectivity index (χ0v) is 13.1. The SMILES string of the molecule is CCc1ccccc1OC(C)C(=O)Nc1cccc(OC)c1. The molecule has 2 rings (SSSR count). The molecule has 0 radical (unpaired) electrons. The number of ether oxygens (including phenoxy) is 2. The van der Waals surface area contributed by atoms with E-state index < -0.39 is 6.10 Å². The van der Waals surface area contributed by atoms with E-state index in [1.54, 1.807) is 20.1 Å². The molecule has 2 aromatic carbocycles. The van der Waals surface area contributed by atoms with Crippen LogP contribution in [0.3, 0.4) is 0 Å². The van der Waals surface area contributed by atoms with Gasteiger partial charge in [0.25, 0.3) is 5.91 Å². The predicted molar refractivity (Wildman–Crippen MR) is 87.5 cm³/mol. The second kappa shape index (κ2) is 7.50. The van der Waals surface area contributed by atoms with Crippen molar-refractivity contribution in [3.8, 4) is 11.5 Å². The molecule has 4 nitrogen and oxygen atoms in total. The fourth-order valence-electron chi connectivity index (χ4n) is 2.10. The number of rotatable bonds is 6. The van der Waals surface area contributed by atoms with Gasteiger partial charge < -0.3 is 14.8 Å². The lowest BCUT2D eigenvalue weighted by molar-refractivity contribution is -0.122. The highest BCUT2D eigenvalue weighted by atomic mass is 16.5. The summed E-state index contributed by atoms with van der Waals surface area (Å²) in [4.78, 5) is 12.2. The fraction of sp³-hybridized carbons (Fsp3) is 0.278. The van der Waals surface area contributed by atoms with Crippen LogP contribution in [0.5, 0.6) is 11.5 Å². The minimum absolute atomic E-state index is 0.195. The Morgan fingerprint density at radius 1 is 1.18 bits per heavy atom. The summed E-state index contributed by atoms with van der Waals surface area (Å²) in [6.45, 7) is 3.80. The molecule has 0 fully saturated rings. The topological polar surface area (TPSA) is 47.6 Å². The molecule has 116 valence electrons. The van der Waals surface area contributed by atoms with Gasteiger partial charge in [0.05, 0.1) is 7.11 Å². The van der Waals surface area contributed by atoms with Crippen LogP contribution in [0.1, 0.15) is 19.4 Å². The lowest BCUT2D eigenvalue weighted by Crippen LogP contribution is -2.30. The minimum Gasteiger partial charge on any atom is -0.497 e. The lowest BCUT2D eigenvalue weighted by Gasteiger charge is -2.17.